The quantitative estimate of drug-likeness (QED) is 0.621. The second-order valence-electron chi connectivity index (χ2n) is 4.18. The Bertz CT molecular complexity index is 553. The van der Waals surface area contributed by atoms with Gasteiger partial charge in [0.2, 0.25) is 5.91 Å². The van der Waals surface area contributed by atoms with Gasteiger partial charge in [-0.15, -0.1) is 0 Å². The van der Waals surface area contributed by atoms with E-state index in [1.54, 1.807) is 29.6 Å². The van der Waals surface area contributed by atoms with E-state index in [9.17, 15) is 18.0 Å². The van der Waals surface area contributed by atoms with Crippen molar-refractivity contribution in [1.29, 1.82) is 0 Å². The van der Waals surface area contributed by atoms with Gasteiger partial charge >= 0.3 is 6.18 Å². The summed E-state index contributed by atoms with van der Waals surface area (Å²) in [6, 6.07) is 4.88. The van der Waals surface area contributed by atoms with E-state index in [4.69, 9.17) is 9.47 Å². The molecule has 0 atom stereocenters. The predicted molar refractivity (Wildman–Crippen MR) is 76.8 cm³/mol. The van der Waals surface area contributed by atoms with E-state index in [0.717, 1.165) is 6.08 Å². The minimum Gasteiger partial charge on any atom is -0.493 e. The standard InChI is InChI=1S/C15H16F3NO3/c1-3-8-22-12-6-4-11(9-13(12)21-2)5-7-14(20)19-10-15(16,17)18/h3-7,9H,1,8,10H2,2H3,(H,19,20)/b7-5+. The van der Waals surface area contributed by atoms with Crippen molar-refractivity contribution in [1.82, 2.24) is 5.32 Å². The maximum atomic E-state index is 11.9. The first kappa shape index (κ1) is 17.6. The molecule has 0 aliphatic heterocycles. The average molecular weight is 315 g/mol. The van der Waals surface area contributed by atoms with Gasteiger partial charge in [-0.3, -0.25) is 4.79 Å². The van der Waals surface area contributed by atoms with Gasteiger partial charge in [0.25, 0.3) is 0 Å². The highest BCUT2D eigenvalue weighted by Gasteiger charge is 2.27. The van der Waals surface area contributed by atoms with E-state index in [1.165, 1.54) is 13.2 Å². The number of amides is 1. The molecule has 0 aliphatic carbocycles. The number of benzene rings is 1. The van der Waals surface area contributed by atoms with Crippen molar-refractivity contribution in [2.24, 2.45) is 0 Å². The molecule has 0 saturated heterocycles. The monoisotopic (exact) mass is 315 g/mol. The highest BCUT2D eigenvalue weighted by atomic mass is 19.4. The van der Waals surface area contributed by atoms with Gasteiger partial charge in [-0.2, -0.15) is 13.2 Å². The van der Waals surface area contributed by atoms with Crippen LogP contribution in [0.2, 0.25) is 0 Å². The Morgan fingerprint density at radius 1 is 1.36 bits per heavy atom. The van der Waals surface area contributed by atoms with Gasteiger partial charge in [0, 0.05) is 6.08 Å². The predicted octanol–water partition coefficient (Wildman–Crippen LogP) is 2.95. The van der Waals surface area contributed by atoms with Crippen molar-refractivity contribution >= 4 is 12.0 Å². The normalized spacial score (nSPS) is 11.3. The summed E-state index contributed by atoms with van der Waals surface area (Å²) in [6.45, 7) is 2.47. The molecule has 120 valence electrons. The van der Waals surface area contributed by atoms with Gasteiger partial charge in [0.1, 0.15) is 13.2 Å². The minimum atomic E-state index is -4.43. The first-order chi connectivity index (χ1) is 10.4. The summed E-state index contributed by atoms with van der Waals surface area (Å²) in [5, 5.41) is 1.74. The van der Waals surface area contributed by atoms with Crippen molar-refractivity contribution in [3.8, 4) is 11.5 Å². The number of hydrogen-bond donors (Lipinski definition) is 1. The Labute approximate surface area is 126 Å². The number of alkyl halides is 3. The molecule has 0 spiro atoms. The van der Waals surface area contributed by atoms with Gasteiger partial charge in [-0.25, -0.2) is 0 Å². The number of carbonyl (C=O) groups excluding carboxylic acids is 1. The fourth-order valence-electron chi connectivity index (χ4n) is 1.47. The Morgan fingerprint density at radius 2 is 2.09 bits per heavy atom. The number of rotatable bonds is 7. The van der Waals surface area contributed by atoms with Crippen molar-refractivity contribution in [3.63, 3.8) is 0 Å². The first-order valence-corrected chi connectivity index (χ1v) is 6.30. The molecule has 4 nitrogen and oxygen atoms in total. The topological polar surface area (TPSA) is 47.6 Å². The van der Waals surface area contributed by atoms with Gasteiger partial charge in [-0.05, 0) is 23.8 Å². The summed E-state index contributed by atoms with van der Waals surface area (Å²) in [6.07, 6.45) is -0.453. The summed E-state index contributed by atoms with van der Waals surface area (Å²) in [5.74, 6) is 0.115. The molecule has 0 aromatic heterocycles. The molecule has 1 rings (SSSR count). The molecule has 1 amide bonds. The average Bonchev–Trinajstić information content (AvgIpc) is 2.48. The van der Waals surface area contributed by atoms with Crippen molar-refractivity contribution in [2.45, 2.75) is 6.18 Å². The van der Waals surface area contributed by atoms with Crippen LogP contribution in [0.15, 0.2) is 36.9 Å². The maximum absolute atomic E-state index is 11.9. The fourth-order valence-corrected chi connectivity index (χ4v) is 1.47. The highest BCUT2D eigenvalue weighted by Crippen LogP contribution is 2.28. The lowest BCUT2D eigenvalue weighted by Gasteiger charge is -2.09. The van der Waals surface area contributed by atoms with E-state index in [1.807, 2.05) is 0 Å². The van der Waals surface area contributed by atoms with Crippen LogP contribution in [-0.4, -0.2) is 32.3 Å². The van der Waals surface area contributed by atoms with Gasteiger partial charge < -0.3 is 14.8 Å². The van der Waals surface area contributed by atoms with E-state index < -0.39 is 18.6 Å². The molecule has 1 aromatic rings. The number of ether oxygens (including phenoxy) is 2. The lowest BCUT2D eigenvalue weighted by molar-refractivity contribution is -0.135. The summed E-state index contributed by atoms with van der Waals surface area (Å²) in [4.78, 5) is 11.3. The van der Waals surface area contributed by atoms with Crippen molar-refractivity contribution < 1.29 is 27.4 Å². The Kier molecular flexibility index (Phi) is 6.49. The molecule has 0 saturated carbocycles. The molecule has 0 heterocycles. The third-order valence-corrected chi connectivity index (χ3v) is 2.43. The van der Waals surface area contributed by atoms with Crippen LogP contribution in [0.3, 0.4) is 0 Å². The molecule has 0 bridgehead atoms. The largest absolute Gasteiger partial charge is 0.493 e. The molecule has 1 N–H and O–H groups in total. The van der Waals surface area contributed by atoms with Gasteiger partial charge in [-0.1, -0.05) is 18.7 Å². The Morgan fingerprint density at radius 3 is 2.68 bits per heavy atom. The lowest BCUT2D eigenvalue weighted by atomic mass is 10.2. The zero-order valence-electron chi connectivity index (χ0n) is 11.9. The smallest absolute Gasteiger partial charge is 0.405 e. The van der Waals surface area contributed by atoms with Crippen LogP contribution in [0, 0.1) is 0 Å². The van der Waals surface area contributed by atoms with E-state index in [2.05, 4.69) is 6.58 Å². The fraction of sp³-hybridized carbons (Fsp3) is 0.267. The number of methoxy groups -OCH3 is 1. The van der Waals surface area contributed by atoms with Crippen LogP contribution in [0.1, 0.15) is 5.56 Å². The van der Waals surface area contributed by atoms with Crippen molar-refractivity contribution in [2.75, 3.05) is 20.3 Å². The lowest BCUT2D eigenvalue weighted by Crippen LogP contribution is -2.32. The molecule has 0 aliphatic rings. The zero-order chi connectivity index (χ0) is 16.6. The minimum absolute atomic E-state index is 0.311. The molecule has 22 heavy (non-hydrogen) atoms. The maximum Gasteiger partial charge on any atom is 0.405 e. The first-order valence-electron chi connectivity index (χ1n) is 6.30. The highest BCUT2D eigenvalue weighted by molar-refractivity contribution is 5.91. The second-order valence-corrected chi connectivity index (χ2v) is 4.18. The Hall–Kier alpha value is -2.44. The molecule has 0 fully saturated rings. The van der Waals surface area contributed by atoms with Crippen LogP contribution in [0.4, 0.5) is 13.2 Å². The van der Waals surface area contributed by atoms with Crippen LogP contribution in [0.5, 0.6) is 11.5 Å². The van der Waals surface area contributed by atoms with Gasteiger partial charge in [0.05, 0.1) is 7.11 Å². The second kappa shape index (κ2) is 8.11. The molecule has 7 heteroatoms. The van der Waals surface area contributed by atoms with Crippen LogP contribution in [-0.2, 0) is 4.79 Å². The molecule has 0 radical (unpaired) electrons. The van der Waals surface area contributed by atoms with Crippen LogP contribution in [0.25, 0.3) is 6.08 Å². The molecular formula is C15H16F3NO3. The number of carbonyl (C=O) groups is 1. The number of nitrogens with one attached hydrogen (secondary N) is 1. The van der Waals surface area contributed by atoms with Crippen LogP contribution < -0.4 is 14.8 Å². The number of halogens is 3. The summed E-state index contributed by atoms with van der Waals surface area (Å²) < 4.78 is 46.3. The Balaban J connectivity index is 2.70. The van der Waals surface area contributed by atoms with E-state index >= 15 is 0 Å². The summed E-state index contributed by atoms with van der Waals surface area (Å²) >= 11 is 0. The number of hydrogen-bond acceptors (Lipinski definition) is 3. The zero-order valence-corrected chi connectivity index (χ0v) is 11.9. The molecule has 0 unspecified atom stereocenters. The molecule has 1 aromatic carbocycles. The SMILES string of the molecule is C=CCOc1ccc(/C=C/C(=O)NCC(F)(F)F)cc1OC. The summed E-state index contributed by atoms with van der Waals surface area (Å²) in [7, 11) is 1.46. The third-order valence-electron chi connectivity index (χ3n) is 2.43. The van der Waals surface area contributed by atoms with E-state index in [0.29, 0.717) is 23.7 Å². The summed E-state index contributed by atoms with van der Waals surface area (Å²) in [5.41, 5.74) is 0.588. The van der Waals surface area contributed by atoms with E-state index in [-0.39, 0.29) is 0 Å². The third kappa shape index (κ3) is 6.34. The molecular weight excluding hydrogens is 299 g/mol. The van der Waals surface area contributed by atoms with Gasteiger partial charge in [0.15, 0.2) is 11.5 Å². The van der Waals surface area contributed by atoms with Crippen LogP contribution >= 0.6 is 0 Å². The van der Waals surface area contributed by atoms with Crippen molar-refractivity contribution in [3.05, 3.63) is 42.5 Å².